The van der Waals surface area contributed by atoms with Crippen LogP contribution in [0.3, 0.4) is 0 Å². The van der Waals surface area contributed by atoms with Crippen LogP contribution in [-0.4, -0.2) is 52.7 Å². The Morgan fingerprint density at radius 3 is 1.27 bits per heavy atom. The molecule has 4 rings (SSSR count). The van der Waals surface area contributed by atoms with Gasteiger partial charge >= 0.3 is 17.9 Å². The van der Waals surface area contributed by atoms with Gasteiger partial charge in [-0.3, -0.25) is 4.79 Å². The Balaban J connectivity index is 1.54. The highest BCUT2D eigenvalue weighted by Crippen LogP contribution is 2.22. The maximum atomic E-state index is 12.0. The molecule has 1 aromatic heterocycles. The van der Waals surface area contributed by atoms with Crippen molar-refractivity contribution >= 4 is 52.8 Å². The Morgan fingerprint density at radius 2 is 0.909 bits per heavy atom. The third-order valence-corrected chi connectivity index (χ3v) is 6.07. The summed E-state index contributed by atoms with van der Waals surface area (Å²) in [4.78, 5) is 49.2. The summed E-state index contributed by atoms with van der Waals surface area (Å²) in [7, 11) is 0. The van der Waals surface area contributed by atoms with Crippen molar-refractivity contribution in [2.45, 2.75) is 33.6 Å². The second-order valence-corrected chi connectivity index (χ2v) is 9.28. The van der Waals surface area contributed by atoms with E-state index in [0.29, 0.717) is 42.0 Å². The number of hydrogen-bond donors (Lipinski definition) is 3. The number of anilines is 6. The standard InChI is InChI=1S/C32H34N6O6/c1-4-42-27(39)20-9-21-7-14-24(15-8-21)33-30-36-31(34-25-16-10-22(11-17-25)28(40)43-5-2)38-32(37-30)35-26-18-12-23(13-19-26)29(41)44-6-3/h7-8,10-19H,4-6,9,20H2,1-3H3,(H3,33,34,35,36,37,38). The lowest BCUT2D eigenvalue weighted by atomic mass is 10.1. The van der Waals surface area contributed by atoms with E-state index in [1.807, 2.05) is 24.3 Å². The molecular formula is C32H34N6O6. The van der Waals surface area contributed by atoms with E-state index in [-0.39, 0.29) is 37.0 Å². The zero-order chi connectivity index (χ0) is 31.3. The molecule has 0 saturated carbocycles. The molecule has 0 spiro atoms. The summed E-state index contributed by atoms with van der Waals surface area (Å²) in [5.41, 5.74) is 3.85. The highest BCUT2D eigenvalue weighted by Gasteiger charge is 2.12. The summed E-state index contributed by atoms with van der Waals surface area (Å²) in [5.74, 6) is -0.302. The van der Waals surface area contributed by atoms with Crippen LogP contribution in [0.4, 0.5) is 34.9 Å². The lowest BCUT2D eigenvalue weighted by Crippen LogP contribution is -2.08. The first kappa shape index (κ1) is 31.4. The fraction of sp³-hybridized carbons (Fsp3) is 0.250. The van der Waals surface area contributed by atoms with Crippen molar-refractivity contribution in [3.8, 4) is 0 Å². The lowest BCUT2D eigenvalue weighted by molar-refractivity contribution is -0.143. The van der Waals surface area contributed by atoms with Gasteiger partial charge in [-0.2, -0.15) is 15.0 Å². The lowest BCUT2D eigenvalue weighted by Gasteiger charge is -2.12. The van der Waals surface area contributed by atoms with Crippen LogP contribution in [0.15, 0.2) is 72.8 Å². The number of hydrogen-bond acceptors (Lipinski definition) is 12. The number of nitrogens with zero attached hydrogens (tertiary/aromatic N) is 3. The number of rotatable bonds is 14. The van der Waals surface area contributed by atoms with Crippen molar-refractivity contribution in [1.29, 1.82) is 0 Å². The number of esters is 3. The third kappa shape index (κ3) is 9.24. The molecule has 3 aromatic carbocycles. The smallest absolute Gasteiger partial charge is 0.338 e. The fourth-order valence-corrected chi connectivity index (χ4v) is 3.97. The molecule has 12 nitrogen and oxygen atoms in total. The van der Waals surface area contributed by atoms with E-state index in [1.165, 1.54) is 0 Å². The van der Waals surface area contributed by atoms with Gasteiger partial charge in [0.05, 0.1) is 30.9 Å². The molecule has 12 heteroatoms. The first-order chi connectivity index (χ1) is 21.4. The molecule has 0 aliphatic rings. The quantitative estimate of drug-likeness (QED) is 0.116. The van der Waals surface area contributed by atoms with Crippen LogP contribution in [0, 0.1) is 0 Å². The first-order valence-corrected chi connectivity index (χ1v) is 14.2. The normalized spacial score (nSPS) is 10.4. The average molecular weight is 599 g/mol. The number of aromatic nitrogens is 3. The van der Waals surface area contributed by atoms with Gasteiger partial charge in [0.15, 0.2) is 0 Å². The molecule has 0 aliphatic heterocycles. The molecule has 1 heterocycles. The van der Waals surface area contributed by atoms with Crippen LogP contribution < -0.4 is 16.0 Å². The minimum Gasteiger partial charge on any atom is -0.466 e. The number of ether oxygens (including phenoxy) is 3. The Labute approximate surface area is 255 Å². The van der Waals surface area contributed by atoms with Crippen molar-refractivity contribution < 1.29 is 28.6 Å². The second kappa shape index (κ2) is 15.6. The van der Waals surface area contributed by atoms with Crippen molar-refractivity contribution in [3.05, 3.63) is 89.5 Å². The number of aryl methyl sites for hydroxylation is 1. The summed E-state index contributed by atoms with van der Waals surface area (Å²) >= 11 is 0. The molecule has 4 aromatic rings. The van der Waals surface area contributed by atoms with Crippen molar-refractivity contribution in [2.24, 2.45) is 0 Å². The van der Waals surface area contributed by atoms with Gasteiger partial charge in [0.25, 0.3) is 0 Å². The van der Waals surface area contributed by atoms with Crippen LogP contribution in [0.5, 0.6) is 0 Å². The summed E-state index contributed by atoms with van der Waals surface area (Å²) < 4.78 is 15.1. The van der Waals surface area contributed by atoms with Gasteiger partial charge in [-0.15, -0.1) is 0 Å². The predicted molar refractivity (Wildman–Crippen MR) is 166 cm³/mol. The third-order valence-electron chi connectivity index (χ3n) is 6.07. The van der Waals surface area contributed by atoms with Crippen LogP contribution in [-0.2, 0) is 25.4 Å². The van der Waals surface area contributed by atoms with E-state index < -0.39 is 11.9 Å². The zero-order valence-corrected chi connectivity index (χ0v) is 24.8. The van der Waals surface area contributed by atoms with Crippen molar-refractivity contribution in [2.75, 3.05) is 35.8 Å². The zero-order valence-electron chi connectivity index (χ0n) is 24.8. The molecule has 0 fully saturated rings. The van der Waals surface area contributed by atoms with Gasteiger partial charge in [0, 0.05) is 23.5 Å². The molecule has 0 amide bonds. The number of carbonyl (C=O) groups excluding carboxylic acids is 3. The van der Waals surface area contributed by atoms with Gasteiger partial charge in [0.1, 0.15) is 0 Å². The number of nitrogens with one attached hydrogen (secondary N) is 3. The van der Waals surface area contributed by atoms with Crippen LogP contribution in [0.1, 0.15) is 53.5 Å². The Hall–Kier alpha value is -5.52. The average Bonchev–Trinajstić information content (AvgIpc) is 3.02. The summed E-state index contributed by atoms with van der Waals surface area (Å²) in [6.45, 7) is 6.22. The van der Waals surface area contributed by atoms with Crippen LogP contribution in [0.25, 0.3) is 0 Å². The number of benzene rings is 3. The molecular weight excluding hydrogens is 564 g/mol. The maximum Gasteiger partial charge on any atom is 0.338 e. The summed E-state index contributed by atoms with van der Waals surface area (Å²) in [6.07, 6.45) is 0.872. The van der Waals surface area contributed by atoms with Crippen LogP contribution in [0.2, 0.25) is 0 Å². The van der Waals surface area contributed by atoms with Crippen LogP contribution >= 0.6 is 0 Å². The molecule has 44 heavy (non-hydrogen) atoms. The van der Waals surface area contributed by atoms with E-state index in [0.717, 1.165) is 11.3 Å². The SMILES string of the molecule is CCOC(=O)CCc1ccc(Nc2nc(Nc3ccc(C(=O)OCC)cc3)nc(Nc3ccc(C(=O)OCC)cc3)n2)cc1. The minimum atomic E-state index is -0.405. The summed E-state index contributed by atoms with van der Waals surface area (Å²) in [5, 5.41) is 9.47. The monoisotopic (exact) mass is 598 g/mol. The van der Waals surface area contributed by atoms with Crippen molar-refractivity contribution in [1.82, 2.24) is 15.0 Å². The Morgan fingerprint density at radius 1 is 0.545 bits per heavy atom. The molecule has 3 N–H and O–H groups in total. The summed E-state index contributed by atoms with van der Waals surface area (Å²) in [6, 6.07) is 21.0. The van der Waals surface area contributed by atoms with E-state index in [4.69, 9.17) is 14.2 Å². The molecule has 0 radical (unpaired) electrons. The molecule has 0 bridgehead atoms. The Kier molecular flexibility index (Phi) is 11.2. The van der Waals surface area contributed by atoms with Gasteiger partial charge in [-0.25, -0.2) is 9.59 Å². The first-order valence-electron chi connectivity index (χ1n) is 14.2. The molecule has 228 valence electrons. The Bertz CT molecular complexity index is 1480. The molecule has 0 unspecified atom stereocenters. The van der Waals surface area contributed by atoms with Gasteiger partial charge in [0.2, 0.25) is 17.8 Å². The van der Waals surface area contributed by atoms with Gasteiger partial charge in [-0.1, -0.05) is 12.1 Å². The molecule has 0 aliphatic carbocycles. The molecule has 0 atom stereocenters. The van der Waals surface area contributed by atoms with Gasteiger partial charge in [-0.05, 0) is 93.4 Å². The highest BCUT2D eigenvalue weighted by atomic mass is 16.5. The van der Waals surface area contributed by atoms with E-state index in [1.54, 1.807) is 69.3 Å². The number of carbonyl (C=O) groups is 3. The predicted octanol–water partition coefficient (Wildman–Crippen LogP) is 5.95. The fourth-order valence-electron chi connectivity index (χ4n) is 3.97. The molecule has 0 saturated heterocycles. The van der Waals surface area contributed by atoms with Gasteiger partial charge < -0.3 is 30.2 Å². The van der Waals surface area contributed by atoms with Crippen molar-refractivity contribution in [3.63, 3.8) is 0 Å². The largest absolute Gasteiger partial charge is 0.466 e. The highest BCUT2D eigenvalue weighted by molar-refractivity contribution is 5.90. The van der Waals surface area contributed by atoms with E-state index >= 15 is 0 Å². The topological polar surface area (TPSA) is 154 Å². The van der Waals surface area contributed by atoms with E-state index in [2.05, 4.69) is 30.9 Å². The maximum absolute atomic E-state index is 12.0. The van der Waals surface area contributed by atoms with E-state index in [9.17, 15) is 14.4 Å². The minimum absolute atomic E-state index is 0.231. The second-order valence-electron chi connectivity index (χ2n) is 9.28.